The molecule has 2 rings (SSSR count). The molecule has 0 saturated carbocycles. The second-order valence-corrected chi connectivity index (χ2v) is 7.17. The number of carbonyl (C=O) groups excluding carboxylic acids is 1. The Morgan fingerprint density at radius 2 is 1.90 bits per heavy atom. The molecule has 106 valence electrons. The zero-order chi connectivity index (χ0) is 14.5. The van der Waals surface area contributed by atoms with Gasteiger partial charge in [-0.05, 0) is 47.2 Å². The van der Waals surface area contributed by atoms with Crippen molar-refractivity contribution < 1.29 is 4.79 Å². The normalized spacial score (nSPS) is 10.8. The number of rotatable bonds is 5. The Kier molecular flexibility index (Phi) is 5.34. The van der Waals surface area contributed by atoms with E-state index in [9.17, 15) is 4.79 Å². The third-order valence-electron chi connectivity index (χ3n) is 2.80. The van der Waals surface area contributed by atoms with Crippen LogP contribution in [0.1, 0.15) is 21.5 Å². The van der Waals surface area contributed by atoms with E-state index in [-0.39, 0.29) is 5.91 Å². The molecule has 0 aliphatic heterocycles. The molecular formula is C15H17BrN2OS. The van der Waals surface area contributed by atoms with Gasteiger partial charge < -0.3 is 10.2 Å². The highest BCUT2D eigenvalue weighted by Gasteiger charge is 2.07. The van der Waals surface area contributed by atoms with Crippen LogP contribution in [-0.2, 0) is 13.1 Å². The van der Waals surface area contributed by atoms with E-state index in [1.165, 1.54) is 16.9 Å². The quantitative estimate of drug-likeness (QED) is 0.892. The summed E-state index contributed by atoms with van der Waals surface area (Å²) in [7, 11) is 4.10. The van der Waals surface area contributed by atoms with E-state index >= 15 is 0 Å². The summed E-state index contributed by atoms with van der Waals surface area (Å²) in [5.41, 5.74) is 3.08. The van der Waals surface area contributed by atoms with Crippen molar-refractivity contribution in [1.29, 1.82) is 0 Å². The van der Waals surface area contributed by atoms with Crippen LogP contribution in [0.3, 0.4) is 0 Å². The Morgan fingerprint density at radius 1 is 1.25 bits per heavy atom. The minimum Gasteiger partial charge on any atom is -0.348 e. The molecule has 1 aromatic heterocycles. The van der Waals surface area contributed by atoms with E-state index < -0.39 is 0 Å². The Labute approximate surface area is 131 Å². The van der Waals surface area contributed by atoms with E-state index in [0.717, 1.165) is 15.9 Å². The van der Waals surface area contributed by atoms with Gasteiger partial charge in [0.15, 0.2) is 0 Å². The van der Waals surface area contributed by atoms with Crippen molar-refractivity contribution in [3.05, 3.63) is 56.2 Å². The molecule has 3 nitrogen and oxygen atoms in total. The third-order valence-corrected chi connectivity index (χ3v) is 4.31. The first kappa shape index (κ1) is 15.2. The lowest BCUT2D eigenvalue weighted by atomic mass is 10.1. The van der Waals surface area contributed by atoms with Gasteiger partial charge in [-0.15, -0.1) is 11.3 Å². The molecule has 1 heterocycles. The number of hydrogen-bond donors (Lipinski definition) is 1. The van der Waals surface area contributed by atoms with E-state index in [4.69, 9.17) is 0 Å². The number of benzene rings is 1. The van der Waals surface area contributed by atoms with Crippen molar-refractivity contribution in [3.63, 3.8) is 0 Å². The van der Waals surface area contributed by atoms with Crippen molar-refractivity contribution in [1.82, 2.24) is 10.2 Å². The zero-order valence-electron chi connectivity index (χ0n) is 11.5. The minimum absolute atomic E-state index is 0.0377. The number of amides is 1. The van der Waals surface area contributed by atoms with Gasteiger partial charge in [-0.25, -0.2) is 0 Å². The predicted molar refractivity (Wildman–Crippen MR) is 87.0 cm³/mol. The maximum Gasteiger partial charge on any atom is 0.252 e. The maximum absolute atomic E-state index is 11.9. The van der Waals surface area contributed by atoms with Gasteiger partial charge in [-0.3, -0.25) is 4.79 Å². The van der Waals surface area contributed by atoms with Crippen molar-refractivity contribution in [3.8, 4) is 0 Å². The number of carbonyl (C=O) groups is 1. The fourth-order valence-electron chi connectivity index (χ4n) is 1.84. The standard InChI is InChI=1S/C15H17BrN2OS/c1-18(2)9-12-5-3-11(4-6-12)8-17-15(19)13-7-14(16)20-10-13/h3-7,10H,8-9H2,1-2H3,(H,17,19). The van der Waals surface area contributed by atoms with Crippen molar-refractivity contribution in [2.45, 2.75) is 13.1 Å². The predicted octanol–water partition coefficient (Wildman–Crippen LogP) is 3.50. The number of thiophene rings is 1. The summed E-state index contributed by atoms with van der Waals surface area (Å²) in [6.07, 6.45) is 0. The molecule has 0 bridgehead atoms. The Morgan fingerprint density at radius 3 is 2.45 bits per heavy atom. The van der Waals surface area contributed by atoms with Crippen LogP contribution < -0.4 is 5.32 Å². The summed E-state index contributed by atoms with van der Waals surface area (Å²) in [6.45, 7) is 1.48. The number of nitrogens with zero attached hydrogens (tertiary/aromatic N) is 1. The molecule has 2 aromatic rings. The summed E-state index contributed by atoms with van der Waals surface area (Å²) >= 11 is 4.87. The zero-order valence-corrected chi connectivity index (χ0v) is 13.9. The highest BCUT2D eigenvalue weighted by Crippen LogP contribution is 2.20. The average Bonchev–Trinajstić information content (AvgIpc) is 2.84. The molecule has 0 saturated heterocycles. The third kappa shape index (κ3) is 4.44. The molecule has 0 radical (unpaired) electrons. The Balaban J connectivity index is 1.89. The molecule has 0 fully saturated rings. The van der Waals surface area contributed by atoms with Crippen molar-refractivity contribution >= 4 is 33.2 Å². The van der Waals surface area contributed by atoms with E-state index in [1.807, 2.05) is 25.5 Å². The lowest BCUT2D eigenvalue weighted by molar-refractivity contribution is 0.0951. The van der Waals surface area contributed by atoms with Gasteiger partial charge >= 0.3 is 0 Å². The highest BCUT2D eigenvalue weighted by atomic mass is 79.9. The molecule has 0 unspecified atom stereocenters. The van der Waals surface area contributed by atoms with Crippen LogP contribution in [0.4, 0.5) is 0 Å². The molecule has 20 heavy (non-hydrogen) atoms. The molecule has 0 spiro atoms. The fourth-order valence-corrected chi connectivity index (χ4v) is 2.98. The Bertz CT molecular complexity index is 578. The molecule has 1 aromatic carbocycles. The van der Waals surface area contributed by atoms with Crippen LogP contribution in [-0.4, -0.2) is 24.9 Å². The molecule has 0 aliphatic rings. The Hall–Kier alpha value is -1.17. The summed E-state index contributed by atoms with van der Waals surface area (Å²) in [5.74, 6) is -0.0377. The summed E-state index contributed by atoms with van der Waals surface area (Å²) < 4.78 is 0.968. The SMILES string of the molecule is CN(C)Cc1ccc(CNC(=O)c2csc(Br)c2)cc1. The van der Waals surface area contributed by atoms with Gasteiger partial charge in [0.25, 0.3) is 5.91 Å². The summed E-state index contributed by atoms with van der Waals surface area (Å²) in [6, 6.07) is 10.1. The minimum atomic E-state index is -0.0377. The maximum atomic E-state index is 11.9. The second-order valence-electron chi connectivity index (χ2n) is 4.88. The summed E-state index contributed by atoms with van der Waals surface area (Å²) in [5, 5.41) is 4.77. The van der Waals surface area contributed by atoms with Crippen LogP contribution in [0.2, 0.25) is 0 Å². The molecule has 1 N–H and O–H groups in total. The van der Waals surface area contributed by atoms with Crippen LogP contribution in [0.5, 0.6) is 0 Å². The second kappa shape index (κ2) is 7.02. The lowest BCUT2D eigenvalue weighted by Gasteiger charge is -2.10. The van der Waals surface area contributed by atoms with E-state index in [1.54, 1.807) is 0 Å². The molecule has 5 heteroatoms. The van der Waals surface area contributed by atoms with E-state index in [2.05, 4.69) is 50.4 Å². The van der Waals surface area contributed by atoms with Crippen molar-refractivity contribution in [2.75, 3.05) is 14.1 Å². The van der Waals surface area contributed by atoms with Crippen LogP contribution in [0, 0.1) is 0 Å². The fraction of sp³-hybridized carbons (Fsp3) is 0.267. The van der Waals surface area contributed by atoms with Crippen LogP contribution in [0.25, 0.3) is 0 Å². The lowest BCUT2D eigenvalue weighted by Crippen LogP contribution is -2.22. The van der Waals surface area contributed by atoms with Crippen molar-refractivity contribution in [2.24, 2.45) is 0 Å². The van der Waals surface area contributed by atoms with Gasteiger partial charge in [0.05, 0.1) is 9.35 Å². The number of hydrogen-bond acceptors (Lipinski definition) is 3. The highest BCUT2D eigenvalue weighted by molar-refractivity contribution is 9.11. The van der Waals surface area contributed by atoms with E-state index in [0.29, 0.717) is 12.1 Å². The first-order valence-electron chi connectivity index (χ1n) is 6.29. The topological polar surface area (TPSA) is 32.3 Å². The molecular weight excluding hydrogens is 336 g/mol. The first-order chi connectivity index (χ1) is 9.54. The monoisotopic (exact) mass is 352 g/mol. The number of nitrogens with one attached hydrogen (secondary N) is 1. The largest absolute Gasteiger partial charge is 0.348 e. The van der Waals surface area contributed by atoms with Gasteiger partial charge in [-0.1, -0.05) is 24.3 Å². The van der Waals surface area contributed by atoms with Gasteiger partial charge in [-0.2, -0.15) is 0 Å². The molecule has 0 aliphatic carbocycles. The molecule has 0 atom stereocenters. The van der Waals surface area contributed by atoms with Gasteiger partial charge in [0.1, 0.15) is 0 Å². The first-order valence-corrected chi connectivity index (χ1v) is 7.96. The van der Waals surface area contributed by atoms with Gasteiger partial charge in [0.2, 0.25) is 0 Å². The molecule has 1 amide bonds. The summed E-state index contributed by atoms with van der Waals surface area (Å²) in [4.78, 5) is 14.0. The number of halogens is 1. The average molecular weight is 353 g/mol. The smallest absolute Gasteiger partial charge is 0.252 e. The van der Waals surface area contributed by atoms with Crippen LogP contribution in [0.15, 0.2) is 39.5 Å². The van der Waals surface area contributed by atoms with Gasteiger partial charge in [0, 0.05) is 18.5 Å². The van der Waals surface area contributed by atoms with Crippen LogP contribution >= 0.6 is 27.3 Å².